The molecule has 6 heteroatoms. The SMILES string of the molecule is O=C(O)c1ccccc1-c1n[nH]c2cc(Nc3ccccc3Cl)ccc12. The summed E-state index contributed by atoms with van der Waals surface area (Å²) in [6, 6.07) is 20.1. The van der Waals surface area contributed by atoms with Crippen molar-refractivity contribution in [2.75, 3.05) is 5.32 Å². The van der Waals surface area contributed by atoms with Crippen LogP contribution in [0.1, 0.15) is 10.4 Å². The predicted molar refractivity (Wildman–Crippen MR) is 103 cm³/mol. The second-order valence-corrected chi connectivity index (χ2v) is 6.20. The summed E-state index contributed by atoms with van der Waals surface area (Å²) in [6.07, 6.45) is 0. The van der Waals surface area contributed by atoms with E-state index in [4.69, 9.17) is 11.6 Å². The van der Waals surface area contributed by atoms with E-state index < -0.39 is 5.97 Å². The maximum absolute atomic E-state index is 11.5. The van der Waals surface area contributed by atoms with Crippen LogP contribution in [0.25, 0.3) is 22.2 Å². The Hall–Kier alpha value is -3.31. The number of carbonyl (C=O) groups is 1. The van der Waals surface area contributed by atoms with Crippen LogP contribution in [0.15, 0.2) is 66.7 Å². The van der Waals surface area contributed by atoms with Gasteiger partial charge in [-0.05, 0) is 36.4 Å². The molecular formula is C20H14ClN3O2. The molecule has 0 amide bonds. The quantitative estimate of drug-likeness (QED) is 0.458. The number of nitrogens with one attached hydrogen (secondary N) is 2. The monoisotopic (exact) mass is 363 g/mol. The lowest BCUT2D eigenvalue weighted by Crippen LogP contribution is -1.99. The molecule has 0 atom stereocenters. The summed E-state index contributed by atoms with van der Waals surface area (Å²) in [7, 11) is 0. The lowest BCUT2D eigenvalue weighted by Gasteiger charge is -2.08. The van der Waals surface area contributed by atoms with Crippen molar-refractivity contribution in [2.24, 2.45) is 0 Å². The highest BCUT2D eigenvalue weighted by Gasteiger charge is 2.16. The van der Waals surface area contributed by atoms with Crippen LogP contribution < -0.4 is 5.32 Å². The Morgan fingerprint density at radius 1 is 1.04 bits per heavy atom. The van der Waals surface area contributed by atoms with Crippen molar-refractivity contribution in [3.8, 4) is 11.3 Å². The number of H-pyrrole nitrogens is 1. The van der Waals surface area contributed by atoms with Crippen LogP contribution >= 0.6 is 11.6 Å². The summed E-state index contributed by atoms with van der Waals surface area (Å²) < 4.78 is 0. The van der Waals surface area contributed by atoms with Gasteiger partial charge in [-0.25, -0.2) is 4.79 Å². The third kappa shape index (κ3) is 2.89. The molecule has 0 bridgehead atoms. The molecule has 4 rings (SSSR count). The maximum Gasteiger partial charge on any atom is 0.336 e. The number of aromatic carboxylic acids is 1. The second kappa shape index (κ2) is 6.54. The van der Waals surface area contributed by atoms with Crippen LogP contribution in [0.3, 0.4) is 0 Å². The van der Waals surface area contributed by atoms with E-state index in [1.165, 1.54) is 0 Å². The van der Waals surface area contributed by atoms with Gasteiger partial charge in [-0.1, -0.05) is 41.9 Å². The molecule has 0 aliphatic heterocycles. The minimum atomic E-state index is -0.978. The van der Waals surface area contributed by atoms with Crippen molar-refractivity contribution in [3.05, 3.63) is 77.3 Å². The molecule has 0 saturated carbocycles. The zero-order valence-corrected chi connectivity index (χ0v) is 14.3. The van der Waals surface area contributed by atoms with E-state index in [0.717, 1.165) is 22.3 Å². The van der Waals surface area contributed by atoms with Gasteiger partial charge in [0, 0.05) is 16.6 Å². The first kappa shape index (κ1) is 16.2. The number of carboxylic acids is 1. The number of hydrogen-bond donors (Lipinski definition) is 3. The van der Waals surface area contributed by atoms with Crippen molar-refractivity contribution in [1.29, 1.82) is 0 Å². The largest absolute Gasteiger partial charge is 0.478 e. The number of benzene rings is 3. The van der Waals surface area contributed by atoms with Gasteiger partial charge in [-0.15, -0.1) is 0 Å². The summed E-state index contributed by atoms with van der Waals surface area (Å²) in [5.74, 6) is -0.978. The molecule has 4 aromatic rings. The number of rotatable bonds is 4. The van der Waals surface area contributed by atoms with E-state index in [1.807, 2.05) is 42.5 Å². The molecule has 0 unspecified atom stereocenters. The molecule has 0 spiro atoms. The number of aromatic amines is 1. The summed E-state index contributed by atoms with van der Waals surface area (Å²) in [5.41, 5.74) is 3.88. The van der Waals surface area contributed by atoms with E-state index in [1.54, 1.807) is 24.3 Å². The Bertz CT molecular complexity index is 1120. The zero-order chi connectivity index (χ0) is 18.1. The number of fused-ring (bicyclic) bond motifs is 1. The van der Waals surface area contributed by atoms with Crippen molar-refractivity contribution in [1.82, 2.24) is 10.2 Å². The molecule has 26 heavy (non-hydrogen) atoms. The van der Waals surface area contributed by atoms with E-state index in [9.17, 15) is 9.90 Å². The summed E-state index contributed by atoms with van der Waals surface area (Å²) in [5, 5.41) is 21.5. The van der Waals surface area contributed by atoms with Crippen LogP contribution in [0.4, 0.5) is 11.4 Å². The number of halogens is 1. The maximum atomic E-state index is 11.5. The van der Waals surface area contributed by atoms with Crippen LogP contribution in [0.5, 0.6) is 0 Å². The van der Waals surface area contributed by atoms with E-state index in [0.29, 0.717) is 16.3 Å². The Morgan fingerprint density at radius 2 is 1.81 bits per heavy atom. The molecule has 3 aromatic carbocycles. The topological polar surface area (TPSA) is 78.0 Å². The molecule has 0 aliphatic rings. The normalized spacial score (nSPS) is 10.8. The Kier molecular flexibility index (Phi) is 4.07. The lowest BCUT2D eigenvalue weighted by molar-refractivity contribution is 0.0697. The second-order valence-electron chi connectivity index (χ2n) is 5.79. The number of aromatic nitrogens is 2. The average Bonchev–Trinajstić information content (AvgIpc) is 3.06. The Labute approximate surface area is 154 Å². The summed E-state index contributed by atoms with van der Waals surface area (Å²) >= 11 is 6.19. The Balaban J connectivity index is 1.75. The van der Waals surface area contributed by atoms with Gasteiger partial charge in [0.05, 0.1) is 21.8 Å². The molecule has 0 fully saturated rings. The fourth-order valence-corrected chi connectivity index (χ4v) is 3.08. The van der Waals surface area contributed by atoms with E-state index in [-0.39, 0.29) is 5.56 Å². The van der Waals surface area contributed by atoms with Crippen LogP contribution in [0, 0.1) is 0 Å². The number of nitrogens with zero attached hydrogens (tertiary/aromatic N) is 1. The lowest BCUT2D eigenvalue weighted by atomic mass is 10.0. The van der Waals surface area contributed by atoms with Gasteiger partial charge in [-0.3, -0.25) is 5.10 Å². The van der Waals surface area contributed by atoms with Gasteiger partial charge < -0.3 is 10.4 Å². The van der Waals surface area contributed by atoms with E-state index >= 15 is 0 Å². The van der Waals surface area contributed by atoms with Crippen molar-refractivity contribution in [2.45, 2.75) is 0 Å². The van der Waals surface area contributed by atoms with Crippen molar-refractivity contribution in [3.63, 3.8) is 0 Å². The number of carboxylic acid groups (broad SMARTS) is 1. The zero-order valence-electron chi connectivity index (χ0n) is 13.5. The minimum absolute atomic E-state index is 0.221. The van der Waals surface area contributed by atoms with Gasteiger partial charge in [-0.2, -0.15) is 5.10 Å². The predicted octanol–water partition coefficient (Wildman–Crippen LogP) is 5.33. The Morgan fingerprint density at radius 3 is 2.62 bits per heavy atom. The molecule has 0 aliphatic carbocycles. The molecule has 0 saturated heterocycles. The number of para-hydroxylation sites is 1. The van der Waals surface area contributed by atoms with Crippen LogP contribution in [0.2, 0.25) is 5.02 Å². The fraction of sp³-hybridized carbons (Fsp3) is 0. The first-order valence-electron chi connectivity index (χ1n) is 7.96. The molecule has 3 N–H and O–H groups in total. The van der Waals surface area contributed by atoms with Gasteiger partial charge in [0.1, 0.15) is 5.69 Å². The molecule has 128 valence electrons. The third-order valence-corrected chi connectivity index (χ3v) is 4.46. The fourth-order valence-electron chi connectivity index (χ4n) is 2.90. The highest BCUT2D eigenvalue weighted by atomic mass is 35.5. The first-order valence-corrected chi connectivity index (χ1v) is 8.33. The van der Waals surface area contributed by atoms with E-state index in [2.05, 4.69) is 15.5 Å². The summed E-state index contributed by atoms with van der Waals surface area (Å²) in [4.78, 5) is 11.5. The first-order chi connectivity index (χ1) is 12.6. The minimum Gasteiger partial charge on any atom is -0.478 e. The molecule has 1 heterocycles. The van der Waals surface area contributed by atoms with Crippen molar-refractivity contribution >= 4 is 39.8 Å². The molecule has 0 radical (unpaired) electrons. The molecular weight excluding hydrogens is 350 g/mol. The third-order valence-electron chi connectivity index (χ3n) is 4.13. The smallest absolute Gasteiger partial charge is 0.336 e. The highest BCUT2D eigenvalue weighted by molar-refractivity contribution is 6.33. The summed E-state index contributed by atoms with van der Waals surface area (Å²) in [6.45, 7) is 0. The van der Waals surface area contributed by atoms with Crippen LogP contribution in [-0.4, -0.2) is 21.3 Å². The number of anilines is 2. The highest BCUT2D eigenvalue weighted by Crippen LogP contribution is 2.32. The van der Waals surface area contributed by atoms with Gasteiger partial charge in [0.25, 0.3) is 0 Å². The van der Waals surface area contributed by atoms with Gasteiger partial charge in [0.2, 0.25) is 0 Å². The van der Waals surface area contributed by atoms with Gasteiger partial charge >= 0.3 is 5.97 Å². The number of hydrogen-bond acceptors (Lipinski definition) is 3. The molecule has 1 aromatic heterocycles. The average molecular weight is 364 g/mol. The van der Waals surface area contributed by atoms with Crippen molar-refractivity contribution < 1.29 is 9.90 Å². The standard InChI is InChI=1S/C20H14ClN3O2/c21-16-7-3-4-8-17(16)22-12-9-10-15-18(11-12)23-24-19(15)13-5-1-2-6-14(13)20(25)26/h1-11,22H,(H,23,24)(H,25,26). The molecule has 5 nitrogen and oxygen atoms in total. The van der Waals surface area contributed by atoms with Crippen LogP contribution in [-0.2, 0) is 0 Å². The van der Waals surface area contributed by atoms with Gasteiger partial charge in [0.15, 0.2) is 0 Å².